The molecule has 6 rings (SSSR count). The lowest BCUT2D eigenvalue weighted by atomic mass is 10.0. The van der Waals surface area contributed by atoms with E-state index in [2.05, 4.69) is 16.0 Å². The molecule has 3 aliphatic rings. The first-order valence-electron chi connectivity index (χ1n) is 17.8. The molecule has 0 saturated heterocycles. The molecular formula is C38H47N5O10. The van der Waals surface area contributed by atoms with E-state index < -0.39 is 18.2 Å². The number of aliphatic hydroxyl groups excluding tert-OH is 1. The van der Waals surface area contributed by atoms with Crippen molar-refractivity contribution in [2.45, 2.75) is 58.3 Å². The lowest BCUT2D eigenvalue weighted by Gasteiger charge is -2.35. The number of carbonyl (C=O) groups is 3. The number of nitrogens with zero attached hydrogens (tertiary/aromatic N) is 2. The fraction of sp³-hybridized carbons (Fsp3) is 0.447. The van der Waals surface area contributed by atoms with Crippen LogP contribution < -0.4 is 39.6 Å². The molecule has 0 radical (unpaired) electrons. The number of likely N-dealkylation sites (N-methyl/N-ethyl adjacent to an activating group) is 1. The summed E-state index contributed by atoms with van der Waals surface area (Å²) in [4.78, 5) is 43.9. The largest absolute Gasteiger partial charge is 0.490 e. The molecule has 15 heteroatoms. The predicted octanol–water partition coefficient (Wildman–Crippen LogP) is 5.75. The van der Waals surface area contributed by atoms with Gasteiger partial charge in [0.15, 0.2) is 23.0 Å². The number of hydrogen-bond acceptors (Lipinski definition) is 10. The Labute approximate surface area is 308 Å². The molecular weight excluding hydrogens is 686 g/mol. The number of nitrogens with one attached hydrogen (secondary N) is 3. The van der Waals surface area contributed by atoms with Crippen molar-refractivity contribution in [3.8, 4) is 28.7 Å². The van der Waals surface area contributed by atoms with Crippen molar-refractivity contribution in [1.82, 2.24) is 9.80 Å². The summed E-state index contributed by atoms with van der Waals surface area (Å²) in [6.07, 6.45) is 1.64. The molecule has 4 atom stereocenters. The topological polar surface area (TPSA) is 169 Å². The second-order valence-electron chi connectivity index (χ2n) is 13.5. The van der Waals surface area contributed by atoms with E-state index in [1.165, 1.54) is 0 Å². The molecule has 15 nitrogen and oxygen atoms in total. The van der Waals surface area contributed by atoms with E-state index in [9.17, 15) is 19.5 Å². The van der Waals surface area contributed by atoms with Gasteiger partial charge in [-0.1, -0.05) is 6.92 Å². The number of hydrogen-bond donors (Lipinski definition) is 4. The van der Waals surface area contributed by atoms with Gasteiger partial charge in [-0.3, -0.25) is 4.79 Å². The third-order valence-electron chi connectivity index (χ3n) is 9.36. The molecule has 0 spiro atoms. The van der Waals surface area contributed by atoms with Crippen LogP contribution in [0.15, 0.2) is 54.6 Å². The maximum Gasteiger partial charge on any atom is 0.323 e. The van der Waals surface area contributed by atoms with Crippen LogP contribution in [0.1, 0.15) is 50.4 Å². The van der Waals surface area contributed by atoms with Crippen LogP contribution in [-0.4, -0.2) is 98.1 Å². The van der Waals surface area contributed by atoms with Gasteiger partial charge in [0.25, 0.3) is 5.91 Å². The van der Waals surface area contributed by atoms with Gasteiger partial charge in [0.2, 0.25) is 13.6 Å². The van der Waals surface area contributed by atoms with E-state index in [1.54, 1.807) is 78.4 Å². The van der Waals surface area contributed by atoms with Gasteiger partial charge in [0.05, 0.1) is 30.4 Å². The van der Waals surface area contributed by atoms with Crippen molar-refractivity contribution in [3.63, 3.8) is 0 Å². The maximum atomic E-state index is 14.5. The molecule has 0 aliphatic carbocycles. The summed E-state index contributed by atoms with van der Waals surface area (Å²) in [5.74, 6) is 2.04. The Bertz CT molecular complexity index is 1790. The Balaban J connectivity index is 1.19. The highest BCUT2D eigenvalue weighted by atomic mass is 16.7. The first kappa shape index (κ1) is 37.4. The lowest BCUT2D eigenvalue weighted by molar-refractivity contribution is -0.0115. The minimum absolute atomic E-state index is 0.116. The fourth-order valence-corrected chi connectivity index (χ4v) is 6.28. The van der Waals surface area contributed by atoms with Crippen molar-refractivity contribution in [2.24, 2.45) is 5.92 Å². The van der Waals surface area contributed by atoms with Crippen LogP contribution in [0.2, 0.25) is 0 Å². The van der Waals surface area contributed by atoms with Crippen molar-refractivity contribution in [3.05, 3.63) is 60.2 Å². The van der Waals surface area contributed by atoms with Gasteiger partial charge in [-0.25, -0.2) is 9.59 Å². The first-order valence-corrected chi connectivity index (χ1v) is 17.8. The zero-order valence-corrected chi connectivity index (χ0v) is 30.4. The van der Waals surface area contributed by atoms with E-state index in [4.69, 9.17) is 28.4 Å². The zero-order valence-electron chi connectivity index (χ0n) is 30.4. The van der Waals surface area contributed by atoms with Crippen LogP contribution in [0.5, 0.6) is 28.7 Å². The second-order valence-corrected chi connectivity index (χ2v) is 13.5. The average molecular weight is 734 g/mol. The average Bonchev–Trinajstić information content (AvgIpc) is 3.82. The highest BCUT2D eigenvalue weighted by Crippen LogP contribution is 2.35. The third kappa shape index (κ3) is 9.34. The van der Waals surface area contributed by atoms with Gasteiger partial charge < -0.3 is 59.3 Å². The summed E-state index contributed by atoms with van der Waals surface area (Å²) in [6.45, 7) is 6.54. The molecule has 0 aromatic heterocycles. The molecule has 4 N–H and O–H groups in total. The van der Waals surface area contributed by atoms with E-state index in [0.29, 0.717) is 58.8 Å². The van der Waals surface area contributed by atoms with Crippen LogP contribution in [-0.2, 0) is 4.74 Å². The molecule has 53 heavy (non-hydrogen) atoms. The molecule has 3 aromatic carbocycles. The number of fused-ring (bicyclic) bond motifs is 3. The van der Waals surface area contributed by atoms with Crippen molar-refractivity contribution < 1.29 is 47.9 Å². The van der Waals surface area contributed by atoms with Crippen LogP contribution >= 0.6 is 0 Å². The Morgan fingerprint density at radius 3 is 2.08 bits per heavy atom. The van der Waals surface area contributed by atoms with Crippen LogP contribution in [0, 0.1) is 5.92 Å². The number of ether oxygens (including phenoxy) is 6. The maximum absolute atomic E-state index is 14.5. The molecule has 0 saturated carbocycles. The molecule has 0 unspecified atom stereocenters. The van der Waals surface area contributed by atoms with Crippen molar-refractivity contribution in [1.29, 1.82) is 0 Å². The van der Waals surface area contributed by atoms with Gasteiger partial charge in [-0.05, 0) is 75.6 Å². The van der Waals surface area contributed by atoms with E-state index in [0.717, 1.165) is 12.8 Å². The summed E-state index contributed by atoms with van der Waals surface area (Å²) >= 11 is 0. The van der Waals surface area contributed by atoms with Gasteiger partial charge in [-0.2, -0.15) is 0 Å². The molecule has 0 bridgehead atoms. The number of urea groups is 2. The number of amides is 5. The van der Waals surface area contributed by atoms with E-state index in [1.807, 2.05) is 13.8 Å². The predicted molar refractivity (Wildman–Crippen MR) is 196 cm³/mol. The highest BCUT2D eigenvalue weighted by molar-refractivity contribution is 6.02. The number of benzene rings is 3. The normalized spacial score (nSPS) is 20.4. The van der Waals surface area contributed by atoms with Crippen molar-refractivity contribution >= 4 is 35.0 Å². The SMILES string of the molecule is C[C@@H]1CCCCO[C@H](CN(C)C(=O)Nc2ccc3c(c2)OCO3)[C@H](C)CN([C@@H](C)CO)C(=O)c2cc(NC(=O)Nc3ccc4c(c3)OCO4)ccc2O1. The highest BCUT2D eigenvalue weighted by Gasteiger charge is 2.31. The van der Waals surface area contributed by atoms with Gasteiger partial charge >= 0.3 is 12.1 Å². The van der Waals surface area contributed by atoms with Crippen LogP contribution in [0.25, 0.3) is 0 Å². The summed E-state index contributed by atoms with van der Waals surface area (Å²) in [5, 5.41) is 18.8. The molecule has 284 valence electrons. The Morgan fingerprint density at radius 1 is 0.849 bits per heavy atom. The third-order valence-corrected chi connectivity index (χ3v) is 9.36. The smallest absolute Gasteiger partial charge is 0.323 e. The lowest BCUT2D eigenvalue weighted by Crippen LogP contribution is -2.48. The standard InChI is InChI=1S/C38H47N5O10/c1-23-18-43(24(2)20-44)36(45)29-15-26(39-37(46)40-27-9-12-31-33(16-27)51-21-49-31)8-11-30(29)53-25(3)7-5-6-14-48-35(23)19-42(4)38(47)41-28-10-13-32-34(17-28)52-22-50-32/h8-13,15-17,23-25,35,44H,5-7,14,18-22H2,1-4H3,(H,41,47)(H2,39,40,46)/t23-,24+,25-,35-/m1/s1. The molecule has 3 aliphatic heterocycles. The Hall–Kier alpha value is -5.41. The molecule has 0 fully saturated rings. The molecule has 3 aromatic rings. The van der Waals surface area contributed by atoms with Crippen LogP contribution in [0.4, 0.5) is 26.7 Å². The van der Waals surface area contributed by atoms with E-state index >= 15 is 0 Å². The number of aliphatic hydroxyl groups is 1. The number of carbonyl (C=O) groups excluding carboxylic acids is 3. The van der Waals surface area contributed by atoms with Crippen molar-refractivity contribution in [2.75, 3.05) is 62.9 Å². The second kappa shape index (κ2) is 16.9. The quantitative estimate of drug-likeness (QED) is 0.235. The van der Waals surface area contributed by atoms with E-state index in [-0.39, 0.29) is 62.8 Å². The van der Waals surface area contributed by atoms with Crippen LogP contribution in [0.3, 0.4) is 0 Å². The number of rotatable bonds is 7. The summed E-state index contributed by atoms with van der Waals surface area (Å²) in [7, 11) is 1.69. The summed E-state index contributed by atoms with van der Waals surface area (Å²) in [5.41, 5.74) is 1.67. The minimum Gasteiger partial charge on any atom is -0.490 e. The molecule has 5 amide bonds. The van der Waals surface area contributed by atoms with Gasteiger partial charge in [0, 0.05) is 61.9 Å². The first-order chi connectivity index (χ1) is 25.6. The number of anilines is 3. The minimum atomic E-state index is -0.568. The fourth-order valence-electron chi connectivity index (χ4n) is 6.28. The summed E-state index contributed by atoms with van der Waals surface area (Å²) < 4.78 is 34.3. The zero-order chi connectivity index (χ0) is 37.5. The Kier molecular flexibility index (Phi) is 11.9. The molecule has 3 heterocycles. The summed E-state index contributed by atoms with van der Waals surface area (Å²) in [6, 6.07) is 13.8. The van der Waals surface area contributed by atoms with Gasteiger partial charge in [-0.15, -0.1) is 0 Å². The Morgan fingerprint density at radius 2 is 1.43 bits per heavy atom. The van der Waals surface area contributed by atoms with Gasteiger partial charge in [0.1, 0.15) is 5.75 Å². The monoisotopic (exact) mass is 733 g/mol.